The van der Waals surface area contributed by atoms with Crippen molar-refractivity contribution >= 4 is 11.6 Å². The number of piperazine rings is 1. The number of carbonyl (C=O) groups is 1. The molecule has 0 bridgehead atoms. The molecule has 2 aromatic rings. The number of carbonyl (C=O) groups excluding carboxylic acids is 1. The highest BCUT2D eigenvalue weighted by molar-refractivity contribution is 6.01. The number of hydrogen-bond acceptors (Lipinski definition) is 5. The van der Waals surface area contributed by atoms with E-state index in [1.807, 2.05) is 37.3 Å². The number of amides is 1. The number of nitrogens with zero attached hydrogens (tertiary/aromatic N) is 6. The van der Waals surface area contributed by atoms with Crippen LogP contribution in [-0.2, 0) is 18.4 Å². The summed E-state index contributed by atoms with van der Waals surface area (Å²) in [5.41, 5.74) is 2.74. The van der Waals surface area contributed by atoms with E-state index in [1.165, 1.54) is 12.8 Å². The van der Waals surface area contributed by atoms with Crippen molar-refractivity contribution in [2.75, 3.05) is 37.6 Å². The lowest BCUT2D eigenvalue weighted by Gasteiger charge is -2.52. The van der Waals surface area contributed by atoms with Crippen LogP contribution in [0, 0.1) is 12.8 Å². The molecule has 1 amide bonds. The third kappa shape index (κ3) is 3.76. The number of aromatic nitrogens is 3. The standard InChI is InChI=1S/C23H32N6O/c1-18-4-3-5-20(25-18)16-27-10-8-23(9-11-27)22(30)29(21-14-24-26(2)17-21)13-12-28(23)15-19-6-7-19/h3-5,14,17,19H,6-13,15-16H2,1-2H3. The van der Waals surface area contributed by atoms with Crippen molar-refractivity contribution in [1.29, 1.82) is 0 Å². The fourth-order valence-corrected chi connectivity index (χ4v) is 5.12. The lowest BCUT2D eigenvalue weighted by atomic mass is 9.82. The van der Waals surface area contributed by atoms with Crippen LogP contribution in [0.1, 0.15) is 37.1 Å². The van der Waals surface area contributed by atoms with Crippen molar-refractivity contribution in [3.63, 3.8) is 0 Å². The zero-order valence-corrected chi connectivity index (χ0v) is 18.1. The summed E-state index contributed by atoms with van der Waals surface area (Å²) in [4.78, 5) is 25.5. The Hall–Kier alpha value is -2.25. The summed E-state index contributed by atoms with van der Waals surface area (Å²) in [6, 6.07) is 6.22. The Kier molecular flexibility index (Phi) is 5.11. The molecule has 2 aliphatic heterocycles. The first-order valence-corrected chi connectivity index (χ1v) is 11.2. The number of piperidine rings is 1. The zero-order chi connectivity index (χ0) is 20.7. The molecule has 2 saturated heterocycles. The minimum atomic E-state index is -0.368. The van der Waals surface area contributed by atoms with Crippen molar-refractivity contribution < 1.29 is 4.79 Å². The molecule has 3 aliphatic rings. The average Bonchev–Trinajstić information content (AvgIpc) is 3.45. The highest BCUT2D eigenvalue weighted by atomic mass is 16.2. The minimum Gasteiger partial charge on any atom is -0.307 e. The van der Waals surface area contributed by atoms with E-state index in [0.717, 1.165) is 75.1 Å². The van der Waals surface area contributed by atoms with E-state index in [4.69, 9.17) is 0 Å². The molecule has 1 aliphatic carbocycles. The van der Waals surface area contributed by atoms with Gasteiger partial charge >= 0.3 is 0 Å². The third-order valence-electron chi connectivity index (χ3n) is 7.04. The molecule has 30 heavy (non-hydrogen) atoms. The van der Waals surface area contributed by atoms with Gasteiger partial charge in [-0.2, -0.15) is 5.10 Å². The molecule has 1 spiro atoms. The first-order chi connectivity index (χ1) is 14.5. The van der Waals surface area contributed by atoms with Crippen LogP contribution in [0.5, 0.6) is 0 Å². The predicted octanol–water partition coefficient (Wildman–Crippen LogP) is 2.22. The fraction of sp³-hybridized carbons (Fsp3) is 0.609. The summed E-state index contributed by atoms with van der Waals surface area (Å²) >= 11 is 0. The molecular formula is C23H32N6O. The monoisotopic (exact) mass is 408 g/mol. The van der Waals surface area contributed by atoms with Gasteiger partial charge in [0, 0.05) is 58.2 Å². The summed E-state index contributed by atoms with van der Waals surface area (Å²) in [5, 5.41) is 4.30. The van der Waals surface area contributed by atoms with Gasteiger partial charge in [-0.05, 0) is 50.7 Å². The molecule has 4 heterocycles. The van der Waals surface area contributed by atoms with Gasteiger partial charge in [-0.15, -0.1) is 0 Å². The lowest BCUT2D eigenvalue weighted by Crippen LogP contribution is -2.69. The van der Waals surface area contributed by atoms with E-state index in [-0.39, 0.29) is 11.4 Å². The maximum atomic E-state index is 13.9. The average molecular weight is 409 g/mol. The molecule has 160 valence electrons. The smallest absolute Gasteiger partial charge is 0.247 e. The molecule has 7 nitrogen and oxygen atoms in total. The third-order valence-corrected chi connectivity index (χ3v) is 7.04. The predicted molar refractivity (Wildman–Crippen MR) is 116 cm³/mol. The first-order valence-electron chi connectivity index (χ1n) is 11.2. The Balaban J connectivity index is 1.34. The number of anilines is 1. The Morgan fingerprint density at radius 1 is 1.13 bits per heavy atom. The van der Waals surface area contributed by atoms with Crippen molar-refractivity contribution in [1.82, 2.24) is 24.6 Å². The topological polar surface area (TPSA) is 57.5 Å². The van der Waals surface area contributed by atoms with Gasteiger partial charge in [0.25, 0.3) is 0 Å². The van der Waals surface area contributed by atoms with Gasteiger partial charge in [-0.1, -0.05) is 6.07 Å². The van der Waals surface area contributed by atoms with Crippen molar-refractivity contribution in [3.05, 3.63) is 42.0 Å². The molecular weight excluding hydrogens is 376 g/mol. The highest BCUT2D eigenvalue weighted by Crippen LogP contribution is 2.39. The Labute approximate surface area is 178 Å². The lowest BCUT2D eigenvalue weighted by molar-refractivity contribution is -0.138. The summed E-state index contributed by atoms with van der Waals surface area (Å²) in [7, 11) is 1.91. The van der Waals surface area contributed by atoms with Gasteiger partial charge < -0.3 is 4.90 Å². The summed E-state index contributed by atoms with van der Waals surface area (Å²) in [5.74, 6) is 1.06. The van der Waals surface area contributed by atoms with Gasteiger partial charge in [-0.3, -0.25) is 24.3 Å². The Bertz CT molecular complexity index is 912. The molecule has 1 saturated carbocycles. The fourth-order valence-electron chi connectivity index (χ4n) is 5.12. The Morgan fingerprint density at radius 3 is 2.60 bits per heavy atom. The number of likely N-dealkylation sites (tertiary alicyclic amines) is 1. The van der Waals surface area contributed by atoms with Gasteiger partial charge in [0.15, 0.2) is 0 Å². The number of hydrogen-bond donors (Lipinski definition) is 0. The normalized spacial score (nSPS) is 22.7. The van der Waals surface area contributed by atoms with Crippen molar-refractivity contribution in [2.24, 2.45) is 13.0 Å². The van der Waals surface area contributed by atoms with E-state index in [9.17, 15) is 4.79 Å². The summed E-state index contributed by atoms with van der Waals surface area (Å²) < 4.78 is 1.78. The molecule has 3 fully saturated rings. The van der Waals surface area contributed by atoms with Gasteiger partial charge in [-0.25, -0.2) is 0 Å². The van der Waals surface area contributed by atoms with Gasteiger partial charge in [0.2, 0.25) is 5.91 Å². The van der Waals surface area contributed by atoms with E-state index in [0.29, 0.717) is 0 Å². The van der Waals surface area contributed by atoms with Crippen LogP contribution in [0.4, 0.5) is 5.69 Å². The quantitative estimate of drug-likeness (QED) is 0.759. The molecule has 0 atom stereocenters. The molecule has 2 aromatic heterocycles. The molecule has 0 unspecified atom stereocenters. The zero-order valence-electron chi connectivity index (χ0n) is 18.1. The van der Waals surface area contributed by atoms with E-state index < -0.39 is 0 Å². The SMILES string of the molecule is Cc1cccc(CN2CCC3(CC2)C(=O)N(c2cnn(C)c2)CCN3CC2CC2)n1. The van der Waals surface area contributed by atoms with Crippen LogP contribution in [-0.4, -0.2) is 68.7 Å². The number of rotatable bonds is 5. The second-order valence-electron chi connectivity index (χ2n) is 9.30. The Morgan fingerprint density at radius 2 is 1.93 bits per heavy atom. The van der Waals surface area contributed by atoms with E-state index >= 15 is 0 Å². The molecule has 0 N–H and O–H groups in total. The second-order valence-corrected chi connectivity index (χ2v) is 9.30. The molecule has 5 rings (SSSR count). The molecule has 0 aromatic carbocycles. The van der Waals surface area contributed by atoms with Crippen molar-refractivity contribution in [3.8, 4) is 0 Å². The number of aryl methyl sites for hydroxylation is 2. The van der Waals surface area contributed by atoms with Crippen LogP contribution in [0.3, 0.4) is 0 Å². The van der Waals surface area contributed by atoms with Crippen molar-refractivity contribution in [2.45, 2.75) is 44.7 Å². The van der Waals surface area contributed by atoms with Gasteiger partial charge in [0.1, 0.15) is 5.54 Å². The van der Waals surface area contributed by atoms with E-state index in [2.05, 4.69) is 32.0 Å². The van der Waals surface area contributed by atoms with Crippen LogP contribution >= 0.6 is 0 Å². The maximum Gasteiger partial charge on any atom is 0.247 e. The highest BCUT2D eigenvalue weighted by Gasteiger charge is 2.52. The first kappa shape index (κ1) is 19.7. The summed E-state index contributed by atoms with van der Waals surface area (Å²) in [6.45, 7) is 7.56. The second kappa shape index (κ2) is 7.78. The van der Waals surface area contributed by atoms with E-state index in [1.54, 1.807) is 4.68 Å². The minimum absolute atomic E-state index is 0.274. The van der Waals surface area contributed by atoms with Crippen LogP contribution < -0.4 is 4.90 Å². The molecule has 7 heteroatoms. The van der Waals surface area contributed by atoms with Crippen LogP contribution in [0.2, 0.25) is 0 Å². The van der Waals surface area contributed by atoms with Crippen LogP contribution in [0.25, 0.3) is 0 Å². The maximum absolute atomic E-state index is 13.9. The molecule has 0 radical (unpaired) electrons. The largest absolute Gasteiger partial charge is 0.307 e. The number of pyridine rings is 1. The van der Waals surface area contributed by atoms with Crippen LogP contribution in [0.15, 0.2) is 30.6 Å². The van der Waals surface area contributed by atoms with Gasteiger partial charge in [0.05, 0.1) is 17.6 Å². The summed E-state index contributed by atoms with van der Waals surface area (Å²) in [6.07, 6.45) is 8.19.